The average Bonchev–Trinajstić information content (AvgIpc) is 2.57. The Morgan fingerprint density at radius 3 is 3.22 bits per heavy atom. The first-order valence-corrected chi connectivity index (χ1v) is 6.46. The molecule has 0 bridgehead atoms. The monoisotopic (exact) mass is 268 g/mol. The van der Waals surface area contributed by atoms with Crippen molar-refractivity contribution in [1.29, 1.82) is 0 Å². The van der Waals surface area contributed by atoms with Crippen molar-refractivity contribution in [3.05, 3.63) is 23.5 Å². The Bertz CT molecular complexity index is 405. The molecular weight excluding hydrogens is 252 g/mol. The number of nitrogens with one attached hydrogen (secondary N) is 2. The van der Waals surface area contributed by atoms with Gasteiger partial charge in [-0.25, -0.2) is 4.98 Å². The summed E-state index contributed by atoms with van der Waals surface area (Å²) in [6, 6.07) is 3.37. The van der Waals surface area contributed by atoms with Gasteiger partial charge in [-0.2, -0.15) is 0 Å². The third-order valence-electron chi connectivity index (χ3n) is 2.81. The predicted octanol–water partition coefficient (Wildman–Crippen LogP) is 0.969. The van der Waals surface area contributed by atoms with Crippen LogP contribution in [0.4, 0.5) is 5.69 Å². The Morgan fingerprint density at radius 1 is 1.50 bits per heavy atom. The fourth-order valence-corrected chi connectivity index (χ4v) is 2.12. The molecule has 0 aliphatic carbocycles. The molecule has 6 heteroatoms. The summed E-state index contributed by atoms with van der Waals surface area (Å²) in [5, 5.41) is 6.51. The van der Waals surface area contributed by atoms with E-state index in [0.29, 0.717) is 17.4 Å². The Labute approximate surface area is 112 Å². The number of anilines is 1. The number of rotatable bonds is 3. The van der Waals surface area contributed by atoms with E-state index in [-0.39, 0.29) is 5.91 Å². The summed E-state index contributed by atoms with van der Waals surface area (Å²) in [7, 11) is 0. The fourth-order valence-electron chi connectivity index (χ4n) is 1.94. The molecule has 98 valence electrons. The summed E-state index contributed by atoms with van der Waals surface area (Å²) in [5.41, 5.74) is 0.688. The Kier molecular flexibility index (Phi) is 4.92. The summed E-state index contributed by atoms with van der Waals surface area (Å²) >= 11 is 5.76. The van der Waals surface area contributed by atoms with Crippen molar-refractivity contribution in [3.8, 4) is 0 Å². The van der Waals surface area contributed by atoms with Gasteiger partial charge in [0.15, 0.2) is 0 Å². The minimum atomic E-state index is -0.0147. The molecule has 1 fully saturated rings. The summed E-state index contributed by atoms with van der Waals surface area (Å²) in [5.74, 6) is -0.0147. The molecule has 2 N–H and O–H groups in total. The lowest BCUT2D eigenvalue weighted by molar-refractivity contribution is -0.117. The second-order valence-electron chi connectivity index (χ2n) is 4.30. The van der Waals surface area contributed by atoms with Crippen LogP contribution >= 0.6 is 11.6 Å². The molecule has 5 nitrogen and oxygen atoms in total. The van der Waals surface area contributed by atoms with Crippen molar-refractivity contribution in [2.45, 2.75) is 6.42 Å². The number of hydrogen-bond acceptors (Lipinski definition) is 4. The molecule has 1 saturated heterocycles. The molecule has 1 amide bonds. The van der Waals surface area contributed by atoms with Gasteiger partial charge in [0, 0.05) is 25.0 Å². The van der Waals surface area contributed by atoms with Gasteiger partial charge in [-0.3, -0.25) is 9.69 Å². The van der Waals surface area contributed by atoms with Crippen molar-refractivity contribution in [3.63, 3.8) is 0 Å². The molecule has 2 rings (SSSR count). The maximum absolute atomic E-state index is 11.9. The molecule has 1 aromatic heterocycles. The van der Waals surface area contributed by atoms with Crippen LogP contribution in [0.15, 0.2) is 18.3 Å². The quantitative estimate of drug-likeness (QED) is 0.802. The number of hydrogen-bond donors (Lipinski definition) is 2. The molecule has 0 unspecified atom stereocenters. The van der Waals surface area contributed by atoms with E-state index in [9.17, 15) is 4.79 Å². The summed E-state index contributed by atoms with van der Waals surface area (Å²) in [4.78, 5) is 17.9. The third kappa shape index (κ3) is 4.25. The maximum atomic E-state index is 11.9. The van der Waals surface area contributed by atoms with Crippen LogP contribution in [0, 0.1) is 0 Å². The molecule has 18 heavy (non-hydrogen) atoms. The lowest BCUT2D eigenvalue weighted by Crippen LogP contribution is -2.35. The molecule has 0 aromatic carbocycles. The molecule has 0 atom stereocenters. The highest BCUT2D eigenvalue weighted by Gasteiger charge is 2.12. The summed E-state index contributed by atoms with van der Waals surface area (Å²) < 4.78 is 0. The number of carbonyl (C=O) groups excluding carboxylic acids is 1. The van der Waals surface area contributed by atoms with E-state index in [0.717, 1.165) is 32.6 Å². The molecule has 1 aliphatic rings. The largest absolute Gasteiger partial charge is 0.325 e. The van der Waals surface area contributed by atoms with Gasteiger partial charge in [0.2, 0.25) is 5.91 Å². The highest BCUT2D eigenvalue weighted by molar-refractivity contribution is 6.29. The molecule has 0 saturated carbocycles. The second-order valence-corrected chi connectivity index (χ2v) is 4.68. The van der Waals surface area contributed by atoms with Crippen molar-refractivity contribution in [2.24, 2.45) is 0 Å². The van der Waals surface area contributed by atoms with E-state index in [1.165, 1.54) is 0 Å². The lowest BCUT2D eigenvalue weighted by Gasteiger charge is -2.18. The number of amides is 1. The minimum Gasteiger partial charge on any atom is -0.325 e. The topological polar surface area (TPSA) is 57.3 Å². The third-order valence-corrected chi connectivity index (χ3v) is 3.02. The Hall–Kier alpha value is -1.17. The fraction of sp³-hybridized carbons (Fsp3) is 0.500. The van der Waals surface area contributed by atoms with Gasteiger partial charge < -0.3 is 10.6 Å². The van der Waals surface area contributed by atoms with E-state index in [4.69, 9.17) is 11.6 Å². The number of aromatic nitrogens is 1. The van der Waals surface area contributed by atoms with Gasteiger partial charge in [0.25, 0.3) is 0 Å². The lowest BCUT2D eigenvalue weighted by atomic mass is 10.3. The van der Waals surface area contributed by atoms with Crippen molar-refractivity contribution in [1.82, 2.24) is 15.2 Å². The van der Waals surface area contributed by atoms with Crippen LogP contribution in [0.1, 0.15) is 6.42 Å². The van der Waals surface area contributed by atoms with Crippen molar-refractivity contribution < 1.29 is 4.79 Å². The Morgan fingerprint density at radius 2 is 2.39 bits per heavy atom. The van der Waals surface area contributed by atoms with Crippen molar-refractivity contribution in [2.75, 3.05) is 38.0 Å². The minimum absolute atomic E-state index is 0.0147. The van der Waals surface area contributed by atoms with E-state index in [2.05, 4.69) is 20.5 Å². The molecule has 0 radical (unpaired) electrons. The zero-order valence-electron chi connectivity index (χ0n) is 10.2. The first kappa shape index (κ1) is 13.3. The predicted molar refractivity (Wildman–Crippen MR) is 71.8 cm³/mol. The van der Waals surface area contributed by atoms with Crippen LogP contribution in [0.3, 0.4) is 0 Å². The van der Waals surface area contributed by atoms with E-state index in [1.54, 1.807) is 18.3 Å². The smallest absolute Gasteiger partial charge is 0.238 e. The number of nitrogens with zero attached hydrogens (tertiary/aromatic N) is 2. The first-order valence-electron chi connectivity index (χ1n) is 6.08. The van der Waals surface area contributed by atoms with Crippen LogP contribution < -0.4 is 10.6 Å². The zero-order chi connectivity index (χ0) is 12.8. The van der Waals surface area contributed by atoms with E-state index < -0.39 is 0 Å². The summed E-state index contributed by atoms with van der Waals surface area (Å²) in [6.45, 7) is 4.25. The van der Waals surface area contributed by atoms with Gasteiger partial charge in [-0.05, 0) is 31.6 Å². The average molecular weight is 269 g/mol. The van der Waals surface area contributed by atoms with Gasteiger partial charge >= 0.3 is 0 Å². The Balaban J connectivity index is 1.84. The summed E-state index contributed by atoms with van der Waals surface area (Å²) in [6.07, 6.45) is 2.65. The highest BCUT2D eigenvalue weighted by Crippen LogP contribution is 2.11. The van der Waals surface area contributed by atoms with Crippen LogP contribution in [0.2, 0.25) is 5.15 Å². The maximum Gasteiger partial charge on any atom is 0.238 e. The van der Waals surface area contributed by atoms with Gasteiger partial charge in [-0.1, -0.05) is 11.6 Å². The van der Waals surface area contributed by atoms with Gasteiger partial charge in [0.05, 0.1) is 6.54 Å². The van der Waals surface area contributed by atoms with Crippen LogP contribution in [-0.4, -0.2) is 48.5 Å². The number of pyridine rings is 1. The molecule has 2 heterocycles. The molecule has 0 spiro atoms. The first-order chi connectivity index (χ1) is 8.74. The molecular formula is C12H17ClN4O. The normalized spacial score (nSPS) is 17.2. The van der Waals surface area contributed by atoms with Gasteiger partial charge in [-0.15, -0.1) is 0 Å². The second kappa shape index (κ2) is 6.68. The van der Waals surface area contributed by atoms with Crippen LogP contribution in [0.25, 0.3) is 0 Å². The van der Waals surface area contributed by atoms with E-state index >= 15 is 0 Å². The van der Waals surface area contributed by atoms with Crippen LogP contribution in [-0.2, 0) is 4.79 Å². The zero-order valence-corrected chi connectivity index (χ0v) is 10.9. The highest BCUT2D eigenvalue weighted by atomic mass is 35.5. The molecule has 1 aliphatic heterocycles. The standard InChI is InChI=1S/C12H17ClN4O/c13-11-8-10(2-4-15-11)16-12(18)9-17-6-1-3-14-5-7-17/h2,4,8,14H,1,3,5-7,9H2,(H,15,16,18). The molecule has 1 aromatic rings. The van der Waals surface area contributed by atoms with Crippen molar-refractivity contribution >= 4 is 23.2 Å². The van der Waals surface area contributed by atoms with Gasteiger partial charge in [0.1, 0.15) is 5.15 Å². The SMILES string of the molecule is O=C(CN1CCCNCC1)Nc1ccnc(Cl)c1. The number of halogens is 1. The van der Waals surface area contributed by atoms with Crippen LogP contribution in [0.5, 0.6) is 0 Å². The number of carbonyl (C=O) groups is 1. The van der Waals surface area contributed by atoms with E-state index in [1.807, 2.05) is 0 Å².